The fourth-order valence-electron chi connectivity index (χ4n) is 6.32. The molecule has 0 aliphatic heterocycles. The van der Waals surface area contributed by atoms with Crippen LogP contribution in [0.15, 0.2) is 182 Å². The summed E-state index contributed by atoms with van der Waals surface area (Å²) in [5.41, 5.74) is 2.37. The van der Waals surface area contributed by atoms with Crippen LogP contribution in [0.3, 0.4) is 0 Å². The second kappa shape index (κ2) is 22.8. The number of hydrogen-bond donors (Lipinski definition) is 8. The Balaban J connectivity index is 1.06. The quantitative estimate of drug-likeness (QED) is 0.0260. The molecule has 1 aromatic heterocycles. The zero-order chi connectivity index (χ0) is 55.0. The topological polar surface area (TPSA) is 428 Å². The molecule has 6 aromatic carbocycles. The number of anilines is 5. The SMILES string of the molecule is Cc1cc(Nc2nc(NCCC(=O)O)nc(Nc3ccc(N=Nc4ccc(N=Nc5ccc(S(=O)(=O)O)cc5)cc4S(=O)(=O)O)c(C)c3)n2)ccc1N=Nc1ccc(N=Nc2ccc(S(=O)(=O)O)cc2)cc1S(=O)(=O)O. The first-order chi connectivity index (χ1) is 35.8. The van der Waals surface area contributed by atoms with E-state index in [1.807, 2.05) is 0 Å². The van der Waals surface area contributed by atoms with E-state index in [0.29, 0.717) is 33.9 Å². The standard InChI is InChI=1S/C44H38N14O14S4/c1-25-21-29(7-15-35(25)55-57-37-17-9-31(23-39(37)75(67,68)69)53-51-27-3-11-33(12-4-27)73(61,62)63)46-43-48-42(45-20-19-41(59)60)49-44(50-43)47-30-8-16-36(26(2)22-30)56-58-38-18-10-32(24-40(38)76(70,71)72)54-52-28-5-13-34(14-6-28)74(64,65)66/h3-18,21-24H,19-20H2,1-2H3,(H,59,60)(H,61,62,63)(H,64,65,66)(H,67,68,69)(H,70,71,72)(H3,45,46,47,48,49,50). The van der Waals surface area contributed by atoms with Gasteiger partial charge in [0.1, 0.15) is 21.2 Å². The lowest BCUT2D eigenvalue weighted by Crippen LogP contribution is -2.12. The van der Waals surface area contributed by atoms with Crippen molar-refractivity contribution in [2.24, 2.45) is 40.9 Å². The van der Waals surface area contributed by atoms with Crippen molar-refractivity contribution in [3.8, 4) is 0 Å². The molecule has 0 amide bonds. The average molecular weight is 1120 g/mol. The molecule has 8 N–H and O–H groups in total. The zero-order valence-electron chi connectivity index (χ0n) is 38.9. The zero-order valence-corrected chi connectivity index (χ0v) is 42.2. The van der Waals surface area contributed by atoms with Crippen LogP contribution < -0.4 is 16.0 Å². The number of rotatable bonds is 20. The predicted molar refractivity (Wildman–Crippen MR) is 271 cm³/mol. The van der Waals surface area contributed by atoms with E-state index in [9.17, 15) is 52.7 Å². The number of azo groups is 4. The smallest absolute Gasteiger partial charge is 0.305 e. The summed E-state index contributed by atoms with van der Waals surface area (Å²) in [7, 11) is -18.6. The summed E-state index contributed by atoms with van der Waals surface area (Å²) in [6.07, 6.45) is -0.262. The number of nitrogens with one attached hydrogen (secondary N) is 3. The van der Waals surface area contributed by atoms with Crippen molar-refractivity contribution in [3.63, 3.8) is 0 Å². The van der Waals surface area contributed by atoms with Gasteiger partial charge in [-0.15, -0.1) is 10.2 Å². The molecular weight excluding hydrogens is 1080 g/mol. The van der Waals surface area contributed by atoms with Gasteiger partial charge in [-0.2, -0.15) is 79.3 Å². The largest absolute Gasteiger partial charge is 0.481 e. The van der Waals surface area contributed by atoms with Crippen LogP contribution in [0.1, 0.15) is 17.5 Å². The van der Waals surface area contributed by atoms with Gasteiger partial charge in [0.15, 0.2) is 0 Å². The van der Waals surface area contributed by atoms with Crippen LogP contribution in [0.5, 0.6) is 0 Å². The molecule has 0 saturated carbocycles. The Hall–Kier alpha value is -8.76. The third-order valence-electron chi connectivity index (χ3n) is 9.97. The van der Waals surface area contributed by atoms with E-state index in [-0.39, 0.29) is 74.7 Å². The van der Waals surface area contributed by atoms with E-state index in [4.69, 9.17) is 9.11 Å². The second-order valence-corrected chi connectivity index (χ2v) is 21.2. The minimum atomic E-state index is -4.86. The van der Waals surface area contributed by atoms with Crippen molar-refractivity contribution in [3.05, 3.63) is 132 Å². The van der Waals surface area contributed by atoms with Crippen LogP contribution in [0.2, 0.25) is 0 Å². The van der Waals surface area contributed by atoms with Gasteiger partial charge in [0.05, 0.1) is 50.3 Å². The summed E-state index contributed by atoms with van der Waals surface area (Å²) < 4.78 is 133. The fourth-order valence-corrected chi connectivity index (χ4v) is 8.57. The van der Waals surface area contributed by atoms with Crippen molar-refractivity contribution in [2.45, 2.75) is 39.9 Å². The van der Waals surface area contributed by atoms with E-state index >= 15 is 0 Å². The van der Waals surface area contributed by atoms with Gasteiger partial charge in [-0.25, -0.2) is 0 Å². The number of hydrogen-bond acceptors (Lipinski definition) is 23. The molecule has 0 spiro atoms. The monoisotopic (exact) mass is 1110 g/mol. The van der Waals surface area contributed by atoms with E-state index in [1.54, 1.807) is 50.2 Å². The number of aryl methyl sites for hydroxylation is 2. The predicted octanol–water partition coefficient (Wildman–Crippen LogP) is 10.5. The molecule has 0 fully saturated rings. The highest BCUT2D eigenvalue weighted by Gasteiger charge is 2.19. The molecule has 0 aliphatic rings. The number of aliphatic carboxylic acids is 1. The molecule has 28 nitrogen and oxygen atoms in total. The first-order valence-electron chi connectivity index (χ1n) is 21.3. The van der Waals surface area contributed by atoms with Gasteiger partial charge in [-0.05, 0) is 146 Å². The molecule has 7 aromatic rings. The summed E-state index contributed by atoms with van der Waals surface area (Å²) in [5, 5.41) is 50.2. The van der Waals surface area contributed by atoms with Gasteiger partial charge < -0.3 is 21.1 Å². The number of carboxylic acids is 1. The molecule has 0 saturated heterocycles. The average Bonchev–Trinajstić information content (AvgIpc) is 3.34. The summed E-state index contributed by atoms with van der Waals surface area (Å²) in [6, 6.07) is 26.1. The maximum Gasteiger partial charge on any atom is 0.305 e. The molecule has 0 radical (unpaired) electrons. The number of benzene rings is 6. The number of carboxylic acid groups (broad SMARTS) is 1. The number of aromatic nitrogens is 3. The van der Waals surface area contributed by atoms with Crippen molar-refractivity contribution >= 4 is 121 Å². The van der Waals surface area contributed by atoms with Gasteiger partial charge in [0, 0.05) is 17.9 Å². The third-order valence-corrected chi connectivity index (χ3v) is 13.5. The van der Waals surface area contributed by atoms with Crippen LogP contribution >= 0.6 is 0 Å². The van der Waals surface area contributed by atoms with E-state index in [2.05, 4.69) is 71.8 Å². The summed E-state index contributed by atoms with van der Waals surface area (Å²) >= 11 is 0. The van der Waals surface area contributed by atoms with Crippen molar-refractivity contribution in [1.29, 1.82) is 0 Å². The maximum absolute atomic E-state index is 12.3. The summed E-state index contributed by atoms with van der Waals surface area (Å²) in [5.74, 6) is -1.06. The minimum Gasteiger partial charge on any atom is -0.481 e. The van der Waals surface area contributed by atoms with Crippen molar-refractivity contribution in [2.75, 3.05) is 22.5 Å². The third kappa shape index (κ3) is 15.2. The van der Waals surface area contributed by atoms with Crippen molar-refractivity contribution < 1.29 is 61.8 Å². The summed E-state index contributed by atoms with van der Waals surface area (Å²) in [6.45, 7) is 3.32. The second-order valence-electron chi connectivity index (χ2n) is 15.6. The summed E-state index contributed by atoms with van der Waals surface area (Å²) in [4.78, 5) is 22.4. The highest BCUT2D eigenvalue weighted by atomic mass is 32.2. The Morgan fingerprint density at radius 2 is 0.776 bits per heavy atom. The van der Waals surface area contributed by atoms with Crippen LogP contribution in [-0.2, 0) is 45.3 Å². The normalized spacial score (nSPS) is 12.5. The molecule has 7 rings (SSSR count). The molecule has 76 heavy (non-hydrogen) atoms. The molecule has 32 heteroatoms. The highest BCUT2D eigenvalue weighted by Crippen LogP contribution is 2.35. The number of nitrogens with zero attached hydrogens (tertiary/aromatic N) is 11. The van der Waals surface area contributed by atoms with Gasteiger partial charge in [0.25, 0.3) is 40.5 Å². The fraction of sp³-hybridized carbons (Fsp3) is 0.0909. The van der Waals surface area contributed by atoms with Crippen molar-refractivity contribution in [1.82, 2.24) is 15.0 Å². The first kappa shape index (κ1) is 55.0. The van der Waals surface area contributed by atoms with Gasteiger partial charge in [-0.1, -0.05) is 0 Å². The molecule has 0 unspecified atom stereocenters. The Labute approximate surface area is 431 Å². The molecule has 0 bridgehead atoms. The molecule has 0 aliphatic carbocycles. The van der Waals surface area contributed by atoms with Gasteiger partial charge in [-0.3, -0.25) is 23.0 Å². The van der Waals surface area contributed by atoms with Crippen LogP contribution in [0, 0.1) is 13.8 Å². The first-order valence-corrected chi connectivity index (χ1v) is 27.1. The molecular formula is C44H38N14O14S4. The highest BCUT2D eigenvalue weighted by molar-refractivity contribution is 7.86. The Kier molecular flexibility index (Phi) is 16.5. The van der Waals surface area contributed by atoms with E-state index in [0.717, 1.165) is 36.4 Å². The van der Waals surface area contributed by atoms with Crippen LogP contribution in [-0.4, -0.2) is 84.5 Å². The number of carbonyl (C=O) groups is 1. The lowest BCUT2D eigenvalue weighted by atomic mass is 10.2. The van der Waals surface area contributed by atoms with Crippen LogP contribution in [0.25, 0.3) is 0 Å². The Morgan fingerprint density at radius 3 is 1.13 bits per heavy atom. The molecule has 392 valence electrons. The van der Waals surface area contributed by atoms with E-state index in [1.165, 1.54) is 48.5 Å². The van der Waals surface area contributed by atoms with E-state index < -0.39 is 56.2 Å². The van der Waals surface area contributed by atoms with Crippen LogP contribution in [0.4, 0.5) is 74.7 Å². The van der Waals surface area contributed by atoms with Gasteiger partial charge in [0.2, 0.25) is 17.8 Å². The molecule has 1 heterocycles. The lowest BCUT2D eigenvalue weighted by molar-refractivity contribution is -0.136. The minimum absolute atomic E-state index is 0.00143. The Bertz CT molecular complexity index is 3730. The Morgan fingerprint density at radius 1 is 0.434 bits per heavy atom. The lowest BCUT2D eigenvalue weighted by Gasteiger charge is -2.12. The maximum atomic E-state index is 12.3. The van der Waals surface area contributed by atoms with Gasteiger partial charge >= 0.3 is 5.97 Å². The molecule has 0 atom stereocenters.